The van der Waals surface area contributed by atoms with Crippen molar-refractivity contribution in [2.75, 3.05) is 0 Å². The smallest absolute Gasteiger partial charge is 0.267 e. The van der Waals surface area contributed by atoms with Crippen LogP contribution in [0, 0.1) is 13.8 Å². The molecule has 1 rings (SSSR count). The van der Waals surface area contributed by atoms with E-state index in [9.17, 15) is 9.59 Å². The van der Waals surface area contributed by atoms with Crippen molar-refractivity contribution in [1.82, 2.24) is 4.98 Å². The first kappa shape index (κ1) is 10.2. The maximum Gasteiger partial charge on any atom is 0.267 e. The normalized spacial score (nSPS) is 9.86. The second-order valence-electron chi connectivity index (χ2n) is 3.03. The monoisotopic (exact) mass is 193 g/mol. The third-order valence-electron chi connectivity index (χ3n) is 2.02. The Morgan fingerprint density at radius 2 is 1.79 bits per heavy atom. The molecule has 0 atom stereocenters. The molecule has 0 aliphatic carbocycles. The van der Waals surface area contributed by atoms with Crippen LogP contribution in [-0.4, -0.2) is 16.8 Å². The number of hydrogen-bond donors (Lipinski definition) is 2. The van der Waals surface area contributed by atoms with Gasteiger partial charge in [0.25, 0.3) is 11.8 Å². The molecule has 0 aromatic carbocycles. The van der Waals surface area contributed by atoms with E-state index in [0.29, 0.717) is 5.56 Å². The third-order valence-corrected chi connectivity index (χ3v) is 2.02. The average molecular weight is 193 g/mol. The number of aryl methyl sites for hydroxylation is 1. The third kappa shape index (κ3) is 1.71. The summed E-state index contributed by atoms with van der Waals surface area (Å²) in [4.78, 5) is 25.6. The van der Waals surface area contributed by atoms with Crippen molar-refractivity contribution in [3.05, 3.63) is 28.6 Å². The molecular weight excluding hydrogens is 182 g/mol. The number of amides is 2. The maximum absolute atomic E-state index is 11.0. The van der Waals surface area contributed by atoms with Gasteiger partial charge in [-0.05, 0) is 31.0 Å². The SMILES string of the molecule is Cc1cc(C(N)=O)nc(C(N)=O)c1C. The van der Waals surface area contributed by atoms with Gasteiger partial charge in [0.2, 0.25) is 0 Å². The summed E-state index contributed by atoms with van der Waals surface area (Å²) in [7, 11) is 0. The molecule has 0 aliphatic rings. The van der Waals surface area contributed by atoms with E-state index in [4.69, 9.17) is 11.5 Å². The summed E-state index contributed by atoms with van der Waals surface area (Å²) in [6, 6.07) is 1.53. The summed E-state index contributed by atoms with van der Waals surface area (Å²) in [6.07, 6.45) is 0. The van der Waals surface area contributed by atoms with Gasteiger partial charge in [-0.2, -0.15) is 0 Å². The van der Waals surface area contributed by atoms with Gasteiger partial charge in [0.1, 0.15) is 11.4 Å². The Bertz CT molecular complexity index is 413. The Hall–Kier alpha value is -1.91. The van der Waals surface area contributed by atoms with Crippen LogP contribution in [0.1, 0.15) is 32.1 Å². The highest BCUT2D eigenvalue weighted by Crippen LogP contribution is 2.11. The molecule has 0 bridgehead atoms. The van der Waals surface area contributed by atoms with Gasteiger partial charge in [-0.3, -0.25) is 9.59 Å². The highest BCUT2D eigenvalue weighted by molar-refractivity contribution is 5.96. The largest absolute Gasteiger partial charge is 0.364 e. The lowest BCUT2D eigenvalue weighted by Crippen LogP contribution is -2.20. The molecule has 0 spiro atoms. The molecule has 5 nitrogen and oxygen atoms in total. The van der Waals surface area contributed by atoms with Gasteiger partial charge in [0.15, 0.2) is 0 Å². The van der Waals surface area contributed by atoms with Crippen molar-refractivity contribution in [3.63, 3.8) is 0 Å². The predicted molar refractivity (Wildman–Crippen MR) is 50.7 cm³/mol. The van der Waals surface area contributed by atoms with Gasteiger partial charge >= 0.3 is 0 Å². The lowest BCUT2D eigenvalue weighted by Gasteiger charge is -2.06. The molecule has 74 valence electrons. The molecule has 14 heavy (non-hydrogen) atoms. The quantitative estimate of drug-likeness (QED) is 0.685. The van der Waals surface area contributed by atoms with E-state index in [2.05, 4.69) is 4.98 Å². The fourth-order valence-electron chi connectivity index (χ4n) is 1.10. The minimum absolute atomic E-state index is 0.0573. The number of primary amides is 2. The van der Waals surface area contributed by atoms with Crippen molar-refractivity contribution < 1.29 is 9.59 Å². The molecule has 1 heterocycles. The Morgan fingerprint density at radius 1 is 1.21 bits per heavy atom. The summed E-state index contributed by atoms with van der Waals surface area (Å²) in [5.41, 5.74) is 11.7. The second-order valence-corrected chi connectivity index (χ2v) is 3.03. The molecule has 5 heteroatoms. The minimum atomic E-state index is -0.671. The zero-order valence-electron chi connectivity index (χ0n) is 8.00. The van der Waals surface area contributed by atoms with Crippen molar-refractivity contribution in [2.45, 2.75) is 13.8 Å². The van der Waals surface area contributed by atoms with E-state index in [-0.39, 0.29) is 11.4 Å². The average Bonchev–Trinajstić information content (AvgIpc) is 2.08. The van der Waals surface area contributed by atoms with Crippen molar-refractivity contribution in [3.8, 4) is 0 Å². The van der Waals surface area contributed by atoms with Crippen LogP contribution in [0.4, 0.5) is 0 Å². The lowest BCUT2D eigenvalue weighted by molar-refractivity contribution is 0.0991. The molecule has 0 saturated heterocycles. The molecule has 1 aromatic rings. The van der Waals surface area contributed by atoms with Crippen LogP contribution in [0.2, 0.25) is 0 Å². The lowest BCUT2D eigenvalue weighted by atomic mass is 10.1. The van der Waals surface area contributed by atoms with E-state index >= 15 is 0 Å². The topological polar surface area (TPSA) is 99.1 Å². The van der Waals surface area contributed by atoms with Gasteiger partial charge in [0, 0.05) is 0 Å². The zero-order chi connectivity index (χ0) is 10.9. The fourth-order valence-corrected chi connectivity index (χ4v) is 1.10. The molecule has 4 N–H and O–H groups in total. The zero-order valence-corrected chi connectivity index (χ0v) is 8.00. The predicted octanol–water partition coefficient (Wildman–Crippen LogP) is -0.104. The number of hydrogen-bond acceptors (Lipinski definition) is 3. The van der Waals surface area contributed by atoms with E-state index in [0.717, 1.165) is 5.56 Å². The first-order valence-corrected chi connectivity index (χ1v) is 4.01. The molecule has 0 fully saturated rings. The molecule has 0 saturated carbocycles. The van der Waals surface area contributed by atoms with Crippen LogP contribution >= 0.6 is 0 Å². The van der Waals surface area contributed by atoms with Gasteiger partial charge in [0.05, 0.1) is 0 Å². The van der Waals surface area contributed by atoms with E-state index in [1.165, 1.54) is 6.07 Å². The van der Waals surface area contributed by atoms with Crippen molar-refractivity contribution >= 4 is 11.8 Å². The number of rotatable bonds is 2. The second kappa shape index (κ2) is 3.45. The van der Waals surface area contributed by atoms with Gasteiger partial charge in [-0.1, -0.05) is 0 Å². The van der Waals surface area contributed by atoms with Gasteiger partial charge < -0.3 is 11.5 Å². The summed E-state index contributed by atoms with van der Waals surface area (Å²) in [6.45, 7) is 3.48. The summed E-state index contributed by atoms with van der Waals surface area (Å²) in [5, 5.41) is 0. The van der Waals surface area contributed by atoms with E-state index in [1.807, 2.05) is 0 Å². The molecule has 2 amide bonds. The fraction of sp³-hybridized carbons (Fsp3) is 0.222. The maximum atomic E-state index is 11.0. The highest BCUT2D eigenvalue weighted by Gasteiger charge is 2.13. The van der Waals surface area contributed by atoms with E-state index in [1.54, 1.807) is 13.8 Å². The Balaban J connectivity index is 3.43. The number of nitrogens with two attached hydrogens (primary N) is 2. The molecule has 1 aromatic heterocycles. The van der Waals surface area contributed by atoms with Crippen LogP contribution in [0.25, 0.3) is 0 Å². The number of nitrogens with zero attached hydrogens (tertiary/aromatic N) is 1. The van der Waals surface area contributed by atoms with Gasteiger partial charge in [-0.25, -0.2) is 4.98 Å². The standard InChI is InChI=1S/C9H11N3O2/c1-4-3-6(8(10)13)12-7(5(4)2)9(11)14/h3H,1-2H3,(H2,10,13)(H2,11,14). The Labute approximate surface area is 81.1 Å². The summed E-state index contributed by atoms with van der Waals surface area (Å²) < 4.78 is 0. The first-order valence-electron chi connectivity index (χ1n) is 4.01. The van der Waals surface area contributed by atoms with Crippen molar-refractivity contribution in [1.29, 1.82) is 0 Å². The molecule has 0 aliphatic heterocycles. The Morgan fingerprint density at radius 3 is 2.21 bits per heavy atom. The van der Waals surface area contributed by atoms with Crippen molar-refractivity contribution in [2.24, 2.45) is 11.5 Å². The van der Waals surface area contributed by atoms with Crippen LogP contribution in [0.15, 0.2) is 6.07 Å². The van der Waals surface area contributed by atoms with Crippen LogP contribution in [0.5, 0.6) is 0 Å². The number of pyridine rings is 1. The number of carbonyl (C=O) groups excluding carboxylic acids is 2. The summed E-state index contributed by atoms with van der Waals surface area (Å²) >= 11 is 0. The van der Waals surface area contributed by atoms with Crippen LogP contribution in [0.3, 0.4) is 0 Å². The first-order chi connectivity index (χ1) is 6.43. The molecular formula is C9H11N3O2. The number of carbonyl (C=O) groups is 2. The molecule has 0 radical (unpaired) electrons. The minimum Gasteiger partial charge on any atom is -0.364 e. The number of aromatic nitrogens is 1. The van der Waals surface area contributed by atoms with Gasteiger partial charge in [-0.15, -0.1) is 0 Å². The Kier molecular flexibility index (Phi) is 2.51. The molecule has 0 unspecified atom stereocenters. The van der Waals surface area contributed by atoms with Crippen LogP contribution < -0.4 is 11.5 Å². The summed E-state index contributed by atoms with van der Waals surface area (Å²) in [5.74, 6) is -1.33. The van der Waals surface area contributed by atoms with Crippen LogP contribution in [-0.2, 0) is 0 Å². The highest BCUT2D eigenvalue weighted by atomic mass is 16.1. The van der Waals surface area contributed by atoms with E-state index < -0.39 is 11.8 Å².